The lowest BCUT2D eigenvalue weighted by Crippen LogP contribution is -2.52. The zero-order valence-corrected chi connectivity index (χ0v) is 19.7. The quantitative estimate of drug-likeness (QED) is 0.632. The Hall–Kier alpha value is -3.00. The van der Waals surface area contributed by atoms with Gasteiger partial charge < -0.3 is 10.0 Å². The van der Waals surface area contributed by atoms with Gasteiger partial charge in [-0.05, 0) is 51.2 Å². The van der Waals surface area contributed by atoms with Gasteiger partial charge in [-0.25, -0.2) is 4.79 Å². The molecule has 0 bridgehead atoms. The normalized spacial score (nSPS) is 19.0. The molecule has 7 nitrogen and oxygen atoms in total. The average molecular weight is 461 g/mol. The number of likely N-dealkylation sites (tertiary alicyclic amines) is 1. The fraction of sp³-hybridized carbons (Fsp3) is 0.407. The van der Waals surface area contributed by atoms with Gasteiger partial charge in [-0.15, -0.1) is 0 Å². The monoisotopic (exact) mass is 460 g/mol. The Balaban J connectivity index is 1.49. The van der Waals surface area contributed by atoms with E-state index in [0.717, 1.165) is 39.3 Å². The van der Waals surface area contributed by atoms with Crippen molar-refractivity contribution in [3.05, 3.63) is 76.2 Å². The Bertz CT molecular complexity index is 1220. The van der Waals surface area contributed by atoms with E-state index < -0.39 is 5.97 Å². The van der Waals surface area contributed by atoms with Gasteiger partial charge >= 0.3 is 5.97 Å². The molecular weight excluding hydrogens is 428 g/mol. The first-order valence-corrected chi connectivity index (χ1v) is 12.1. The second-order valence-corrected chi connectivity index (χ2v) is 9.50. The first-order chi connectivity index (χ1) is 16.5. The van der Waals surface area contributed by atoms with Crippen molar-refractivity contribution in [3.63, 3.8) is 0 Å². The van der Waals surface area contributed by atoms with E-state index in [1.54, 1.807) is 28.8 Å². The van der Waals surface area contributed by atoms with Crippen LogP contribution in [0, 0.1) is 0 Å². The Labute approximate surface area is 199 Å². The molecule has 2 aliphatic heterocycles. The van der Waals surface area contributed by atoms with E-state index in [-0.39, 0.29) is 11.1 Å². The smallest absolute Gasteiger partial charge is 0.338 e. The highest BCUT2D eigenvalue weighted by atomic mass is 16.4. The van der Waals surface area contributed by atoms with Gasteiger partial charge in [-0.2, -0.15) is 0 Å². The highest BCUT2D eigenvalue weighted by Crippen LogP contribution is 2.25. The highest BCUT2D eigenvalue weighted by Gasteiger charge is 2.29. The van der Waals surface area contributed by atoms with Crippen molar-refractivity contribution in [1.29, 1.82) is 0 Å². The summed E-state index contributed by atoms with van der Waals surface area (Å²) in [7, 11) is 2.18. The summed E-state index contributed by atoms with van der Waals surface area (Å²) in [5, 5.41) is 11.2. The largest absolute Gasteiger partial charge is 0.478 e. The Morgan fingerprint density at radius 3 is 2.15 bits per heavy atom. The molecule has 7 heteroatoms. The zero-order valence-electron chi connectivity index (χ0n) is 19.7. The molecule has 0 atom stereocenters. The molecule has 2 saturated heterocycles. The van der Waals surface area contributed by atoms with Crippen LogP contribution in [-0.4, -0.2) is 82.7 Å². The summed E-state index contributed by atoms with van der Waals surface area (Å²) in [6, 6.07) is 17.1. The van der Waals surface area contributed by atoms with Crippen LogP contribution in [-0.2, 0) is 6.54 Å². The summed E-state index contributed by atoms with van der Waals surface area (Å²) in [5.41, 5.74) is 1.29. The summed E-state index contributed by atoms with van der Waals surface area (Å²) in [5.74, 6) is -0.999. The van der Waals surface area contributed by atoms with Gasteiger partial charge in [0.1, 0.15) is 0 Å². The number of nitrogens with zero attached hydrogens (tertiary/aromatic N) is 4. The van der Waals surface area contributed by atoms with E-state index in [9.17, 15) is 14.7 Å². The number of piperazine rings is 1. The van der Waals surface area contributed by atoms with Crippen LogP contribution in [0.1, 0.15) is 28.9 Å². The molecule has 0 unspecified atom stereocenters. The maximum atomic E-state index is 13.6. The van der Waals surface area contributed by atoms with E-state index in [4.69, 9.17) is 0 Å². The third-order valence-corrected chi connectivity index (χ3v) is 7.40. The number of para-hydroxylation sites is 1. The van der Waals surface area contributed by atoms with E-state index in [2.05, 4.69) is 21.7 Å². The first kappa shape index (κ1) is 22.8. The van der Waals surface area contributed by atoms with Crippen LogP contribution in [0.15, 0.2) is 59.4 Å². The minimum absolute atomic E-state index is 0.174. The number of benzene rings is 2. The zero-order chi connectivity index (χ0) is 23.7. The number of pyridine rings is 1. The van der Waals surface area contributed by atoms with E-state index in [1.807, 2.05) is 30.3 Å². The summed E-state index contributed by atoms with van der Waals surface area (Å²) < 4.78 is 1.61. The molecule has 2 aromatic carbocycles. The number of carboxylic acid groups (broad SMARTS) is 1. The van der Waals surface area contributed by atoms with Gasteiger partial charge in [0.05, 0.1) is 11.3 Å². The lowest BCUT2D eigenvalue weighted by atomic mass is 10.0. The number of hydrogen-bond donors (Lipinski definition) is 1. The SMILES string of the molecule is CN1CCC(N2CCN(Cc3c(C(=O)O)c4ccccc4c(=O)n3-c3ccccc3)CC2)CC1. The lowest BCUT2D eigenvalue weighted by Gasteiger charge is -2.42. The topological polar surface area (TPSA) is 69.0 Å². The number of rotatable bonds is 5. The number of carboxylic acids is 1. The van der Waals surface area contributed by atoms with Crippen molar-refractivity contribution >= 4 is 16.7 Å². The van der Waals surface area contributed by atoms with Crippen molar-refractivity contribution in [2.24, 2.45) is 0 Å². The standard InChI is InChI=1S/C27H32N4O3/c1-28-13-11-20(12-14-28)30-17-15-29(16-18-30)19-24-25(27(33)34)22-9-5-6-10-23(22)26(32)31(24)21-7-3-2-4-8-21/h2-10,20H,11-19H2,1H3,(H,33,34). The fourth-order valence-corrected chi connectivity index (χ4v) is 5.49. The maximum absolute atomic E-state index is 13.6. The van der Waals surface area contributed by atoms with Gasteiger partial charge in [0, 0.05) is 55.2 Å². The van der Waals surface area contributed by atoms with Crippen LogP contribution in [0.2, 0.25) is 0 Å². The number of fused-ring (bicyclic) bond motifs is 1. The molecule has 0 amide bonds. The van der Waals surface area contributed by atoms with Crippen LogP contribution in [0.5, 0.6) is 0 Å². The highest BCUT2D eigenvalue weighted by molar-refractivity contribution is 6.04. The molecule has 3 aromatic rings. The Morgan fingerprint density at radius 2 is 1.50 bits per heavy atom. The van der Waals surface area contributed by atoms with E-state index >= 15 is 0 Å². The number of carbonyl (C=O) groups is 1. The summed E-state index contributed by atoms with van der Waals surface area (Å²) in [6.45, 7) is 6.39. The third kappa shape index (κ3) is 4.39. The van der Waals surface area contributed by atoms with Crippen LogP contribution < -0.4 is 5.56 Å². The van der Waals surface area contributed by atoms with Crippen LogP contribution in [0.25, 0.3) is 16.5 Å². The molecular formula is C27H32N4O3. The number of hydrogen-bond acceptors (Lipinski definition) is 5. The lowest BCUT2D eigenvalue weighted by molar-refractivity contribution is 0.0601. The second kappa shape index (κ2) is 9.70. The molecule has 1 N–H and O–H groups in total. The first-order valence-electron chi connectivity index (χ1n) is 12.1. The predicted octanol–water partition coefficient (Wildman–Crippen LogP) is 2.90. The molecule has 5 rings (SSSR count). The fourth-order valence-electron chi connectivity index (χ4n) is 5.49. The number of aromatic carboxylic acids is 1. The van der Waals surface area contributed by atoms with Crippen molar-refractivity contribution in [3.8, 4) is 5.69 Å². The van der Waals surface area contributed by atoms with Gasteiger partial charge in [-0.1, -0.05) is 36.4 Å². The van der Waals surface area contributed by atoms with Crippen LogP contribution >= 0.6 is 0 Å². The predicted molar refractivity (Wildman–Crippen MR) is 134 cm³/mol. The van der Waals surface area contributed by atoms with Gasteiger partial charge in [0.2, 0.25) is 0 Å². The number of piperidine rings is 1. The summed E-state index contributed by atoms with van der Waals surface area (Å²) in [4.78, 5) is 33.4. The van der Waals surface area contributed by atoms with Gasteiger partial charge in [0.15, 0.2) is 0 Å². The van der Waals surface area contributed by atoms with Gasteiger partial charge in [-0.3, -0.25) is 19.2 Å². The molecule has 0 aliphatic carbocycles. The van der Waals surface area contributed by atoms with Crippen LogP contribution in [0.4, 0.5) is 0 Å². The molecule has 0 spiro atoms. The van der Waals surface area contributed by atoms with E-state index in [1.165, 1.54) is 12.8 Å². The molecule has 178 valence electrons. The van der Waals surface area contributed by atoms with Crippen molar-refractivity contribution in [1.82, 2.24) is 19.3 Å². The minimum atomic E-state index is -0.999. The molecule has 1 aromatic heterocycles. The number of aromatic nitrogens is 1. The molecule has 34 heavy (non-hydrogen) atoms. The minimum Gasteiger partial charge on any atom is -0.478 e. The van der Waals surface area contributed by atoms with Crippen molar-refractivity contribution in [2.45, 2.75) is 25.4 Å². The third-order valence-electron chi connectivity index (χ3n) is 7.40. The summed E-state index contributed by atoms with van der Waals surface area (Å²) >= 11 is 0. The maximum Gasteiger partial charge on any atom is 0.338 e. The van der Waals surface area contributed by atoms with Crippen molar-refractivity contribution < 1.29 is 9.90 Å². The second-order valence-electron chi connectivity index (χ2n) is 9.50. The Morgan fingerprint density at radius 1 is 0.882 bits per heavy atom. The van der Waals surface area contributed by atoms with Crippen molar-refractivity contribution in [2.75, 3.05) is 46.3 Å². The molecule has 0 radical (unpaired) electrons. The average Bonchev–Trinajstić information content (AvgIpc) is 2.86. The molecule has 0 saturated carbocycles. The van der Waals surface area contributed by atoms with Crippen LogP contribution in [0.3, 0.4) is 0 Å². The Kier molecular flexibility index (Phi) is 6.50. The van der Waals surface area contributed by atoms with E-state index in [0.29, 0.717) is 34.7 Å². The molecule has 3 heterocycles. The molecule has 2 fully saturated rings. The van der Waals surface area contributed by atoms with Gasteiger partial charge in [0.25, 0.3) is 5.56 Å². The summed E-state index contributed by atoms with van der Waals surface area (Å²) in [6.07, 6.45) is 2.41. The molecule has 2 aliphatic rings.